The van der Waals surface area contributed by atoms with Gasteiger partial charge < -0.3 is 19.9 Å². The number of rotatable bonds is 11. The number of carboxylic acid groups (broad SMARTS) is 1. The summed E-state index contributed by atoms with van der Waals surface area (Å²) in [6.07, 6.45) is 2.71. The summed E-state index contributed by atoms with van der Waals surface area (Å²) in [6.45, 7) is 0. The van der Waals surface area contributed by atoms with Crippen molar-refractivity contribution in [3.8, 4) is 17.2 Å². The fourth-order valence-corrected chi connectivity index (χ4v) is 6.67. The molecule has 0 spiro atoms. The third-order valence-corrected chi connectivity index (χ3v) is 9.54. The summed E-state index contributed by atoms with van der Waals surface area (Å²) in [5.74, 6) is 0.447. The van der Waals surface area contributed by atoms with E-state index in [0.29, 0.717) is 48.0 Å². The summed E-state index contributed by atoms with van der Waals surface area (Å²) >= 11 is 11.9. The van der Waals surface area contributed by atoms with Crippen LogP contribution < -0.4 is 19.5 Å². The standard InChI is InChI=1S/C33H30Cl2N2O7S/c34-29-18-17-27(20-30(29)35)45(41,42)37-22-7-11-24(12-8-22)44-26-15-13-25(14-16-26)43-23-9-5-21(6-10-23)19-32(38)36-31-4-2-1-3-28(31)33(39)40/h1-6,9-10,13-18,20,22,24,37H,7-8,11-12,19H2,(H,36,38)(H,39,40). The highest BCUT2D eigenvalue weighted by molar-refractivity contribution is 7.89. The van der Waals surface area contributed by atoms with Crippen molar-refractivity contribution in [1.29, 1.82) is 0 Å². The van der Waals surface area contributed by atoms with Gasteiger partial charge in [-0.1, -0.05) is 47.5 Å². The molecule has 1 fully saturated rings. The first kappa shape index (κ1) is 32.3. The van der Waals surface area contributed by atoms with Crippen LogP contribution in [0.4, 0.5) is 5.69 Å². The molecule has 1 amide bonds. The summed E-state index contributed by atoms with van der Waals surface area (Å²) in [6, 6.07) is 24.6. The van der Waals surface area contributed by atoms with Crippen LogP contribution in [0.1, 0.15) is 41.6 Å². The molecular formula is C33H30Cl2N2O7S. The maximum absolute atomic E-state index is 12.8. The lowest BCUT2D eigenvalue weighted by atomic mass is 9.94. The van der Waals surface area contributed by atoms with E-state index in [1.165, 1.54) is 24.3 Å². The fourth-order valence-electron chi connectivity index (χ4n) is 4.98. The van der Waals surface area contributed by atoms with Gasteiger partial charge >= 0.3 is 5.97 Å². The maximum atomic E-state index is 12.8. The Morgan fingerprint density at radius 2 is 1.42 bits per heavy atom. The second-order valence-electron chi connectivity index (χ2n) is 10.6. The molecule has 234 valence electrons. The highest BCUT2D eigenvalue weighted by Gasteiger charge is 2.27. The zero-order valence-electron chi connectivity index (χ0n) is 23.9. The minimum atomic E-state index is -3.71. The molecule has 0 aromatic heterocycles. The van der Waals surface area contributed by atoms with Crippen molar-refractivity contribution in [2.45, 2.75) is 49.1 Å². The Morgan fingerprint density at radius 3 is 2.07 bits per heavy atom. The highest BCUT2D eigenvalue weighted by atomic mass is 35.5. The lowest BCUT2D eigenvalue weighted by Gasteiger charge is -2.29. The average molecular weight is 670 g/mol. The number of benzene rings is 4. The second-order valence-corrected chi connectivity index (χ2v) is 13.1. The van der Waals surface area contributed by atoms with Crippen LogP contribution in [0.25, 0.3) is 0 Å². The molecule has 3 N–H and O–H groups in total. The van der Waals surface area contributed by atoms with Crippen molar-refractivity contribution < 1.29 is 32.6 Å². The maximum Gasteiger partial charge on any atom is 0.337 e. The minimum Gasteiger partial charge on any atom is -0.490 e. The van der Waals surface area contributed by atoms with Crippen LogP contribution in [0, 0.1) is 0 Å². The number of anilines is 1. The molecule has 0 atom stereocenters. The third-order valence-electron chi connectivity index (χ3n) is 7.28. The summed E-state index contributed by atoms with van der Waals surface area (Å²) in [7, 11) is -3.71. The van der Waals surface area contributed by atoms with E-state index in [-0.39, 0.29) is 45.6 Å². The molecule has 45 heavy (non-hydrogen) atoms. The van der Waals surface area contributed by atoms with E-state index in [9.17, 15) is 23.1 Å². The van der Waals surface area contributed by atoms with Gasteiger partial charge in [-0.05, 0) is 98.0 Å². The van der Waals surface area contributed by atoms with Crippen LogP contribution in [-0.4, -0.2) is 37.5 Å². The van der Waals surface area contributed by atoms with Gasteiger partial charge in [-0.3, -0.25) is 4.79 Å². The van der Waals surface area contributed by atoms with Gasteiger partial charge in [0.2, 0.25) is 15.9 Å². The molecule has 5 rings (SSSR count). The molecule has 1 aliphatic rings. The number of amides is 1. The molecular weight excluding hydrogens is 639 g/mol. The monoisotopic (exact) mass is 668 g/mol. The largest absolute Gasteiger partial charge is 0.490 e. The molecule has 0 radical (unpaired) electrons. The Hall–Kier alpha value is -4.09. The van der Waals surface area contributed by atoms with E-state index in [0.717, 1.165) is 5.56 Å². The number of hydrogen-bond donors (Lipinski definition) is 3. The predicted octanol–water partition coefficient (Wildman–Crippen LogP) is 7.33. The summed E-state index contributed by atoms with van der Waals surface area (Å²) in [5, 5.41) is 12.4. The first-order valence-corrected chi connectivity index (χ1v) is 16.4. The zero-order valence-corrected chi connectivity index (χ0v) is 26.2. The van der Waals surface area contributed by atoms with E-state index in [4.69, 9.17) is 32.7 Å². The van der Waals surface area contributed by atoms with E-state index >= 15 is 0 Å². The van der Waals surface area contributed by atoms with E-state index in [2.05, 4.69) is 10.0 Å². The van der Waals surface area contributed by atoms with Crippen molar-refractivity contribution in [3.05, 3.63) is 112 Å². The summed E-state index contributed by atoms with van der Waals surface area (Å²) < 4.78 is 40.3. The highest BCUT2D eigenvalue weighted by Crippen LogP contribution is 2.29. The van der Waals surface area contributed by atoms with Crippen LogP contribution in [0.15, 0.2) is 95.9 Å². The first-order chi connectivity index (χ1) is 21.6. The lowest BCUT2D eigenvalue weighted by molar-refractivity contribution is -0.115. The number of sulfonamides is 1. The SMILES string of the molecule is O=C(Cc1ccc(Oc2ccc(OC3CCC(NS(=O)(=O)c4ccc(Cl)c(Cl)c4)CC3)cc2)cc1)Nc1ccccc1C(=O)O. The van der Waals surface area contributed by atoms with Crippen molar-refractivity contribution in [3.63, 3.8) is 0 Å². The predicted molar refractivity (Wildman–Crippen MR) is 172 cm³/mol. The number of ether oxygens (including phenoxy) is 2. The van der Waals surface area contributed by atoms with Crippen LogP contribution in [-0.2, 0) is 21.2 Å². The molecule has 1 saturated carbocycles. The molecule has 1 aliphatic carbocycles. The van der Waals surface area contributed by atoms with Gasteiger partial charge in [0.25, 0.3) is 0 Å². The summed E-state index contributed by atoms with van der Waals surface area (Å²) in [4.78, 5) is 23.9. The number of carboxylic acids is 1. The van der Waals surface area contributed by atoms with Gasteiger partial charge in [0.1, 0.15) is 17.2 Å². The van der Waals surface area contributed by atoms with Gasteiger partial charge in [-0.15, -0.1) is 0 Å². The second kappa shape index (κ2) is 14.3. The average Bonchev–Trinajstić information content (AvgIpc) is 3.01. The van der Waals surface area contributed by atoms with Crippen molar-refractivity contribution in [1.82, 2.24) is 4.72 Å². The molecule has 4 aromatic rings. The molecule has 0 heterocycles. The van der Waals surface area contributed by atoms with Crippen molar-refractivity contribution in [2.75, 3.05) is 5.32 Å². The number of nitrogens with one attached hydrogen (secondary N) is 2. The van der Waals surface area contributed by atoms with Crippen LogP contribution in [0.3, 0.4) is 0 Å². The van der Waals surface area contributed by atoms with Crippen LogP contribution in [0.2, 0.25) is 10.0 Å². The number of hydrogen-bond acceptors (Lipinski definition) is 6. The van der Waals surface area contributed by atoms with E-state index < -0.39 is 16.0 Å². The normalized spacial score (nSPS) is 16.5. The molecule has 9 nitrogen and oxygen atoms in total. The van der Waals surface area contributed by atoms with Crippen LogP contribution in [0.5, 0.6) is 17.2 Å². The number of halogens is 2. The van der Waals surface area contributed by atoms with Gasteiger partial charge in [0.15, 0.2) is 0 Å². The third kappa shape index (κ3) is 8.76. The van der Waals surface area contributed by atoms with Crippen molar-refractivity contribution in [2.24, 2.45) is 0 Å². The van der Waals surface area contributed by atoms with Crippen LogP contribution >= 0.6 is 23.2 Å². The molecule has 0 unspecified atom stereocenters. The number of carbonyl (C=O) groups is 2. The number of para-hydroxylation sites is 1. The molecule has 12 heteroatoms. The zero-order chi connectivity index (χ0) is 32.0. The van der Waals surface area contributed by atoms with Gasteiger partial charge in [0.05, 0.1) is 38.7 Å². The Bertz CT molecular complexity index is 1770. The fraction of sp³-hybridized carbons (Fsp3) is 0.212. The minimum absolute atomic E-state index is 0.0286. The summed E-state index contributed by atoms with van der Waals surface area (Å²) in [5.41, 5.74) is 1.02. The Kier molecular flexibility index (Phi) is 10.3. The first-order valence-electron chi connectivity index (χ1n) is 14.2. The molecule has 0 aliphatic heterocycles. The lowest BCUT2D eigenvalue weighted by Crippen LogP contribution is -2.39. The van der Waals surface area contributed by atoms with E-state index in [1.54, 1.807) is 54.6 Å². The molecule has 4 aromatic carbocycles. The number of aromatic carboxylic acids is 1. The quantitative estimate of drug-likeness (QED) is 0.152. The Morgan fingerprint density at radius 1 is 0.800 bits per heavy atom. The van der Waals surface area contributed by atoms with Gasteiger partial charge in [-0.25, -0.2) is 17.9 Å². The Labute approximate surface area is 271 Å². The molecule has 0 bridgehead atoms. The van der Waals surface area contributed by atoms with E-state index in [1.807, 2.05) is 12.1 Å². The van der Waals surface area contributed by atoms with Gasteiger partial charge in [0, 0.05) is 6.04 Å². The topological polar surface area (TPSA) is 131 Å². The van der Waals surface area contributed by atoms with Crippen molar-refractivity contribution >= 4 is 50.8 Å². The molecule has 0 saturated heterocycles. The Balaban J connectivity index is 1.07. The smallest absolute Gasteiger partial charge is 0.337 e. The van der Waals surface area contributed by atoms with Gasteiger partial charge in [-0.2, -0.15) is 0 Å². The number of carbonyl (C=O) groups excluding carboxylic acids is 1.